The number of anilines is 3. The number of hydrazone groups is 1. The van der Waals surface area contributed by atoms with Gasteiger partial charge in [-0.1, -0.05) is 12.1 Å². The van der Waals surface area contributed by atoms with Gasteiger partial charge in [-0.25, -0.2) is 5.01 Å². The fourth-order valence-electron chi connectivity index (χ4n) is 3.17. The van der Waals surface area contributed by atoms with Crippen LogP contribution in [-0.2, 0) is 14.4 Å². The molecule has 0 saturated heterocycles. The number of rotatable bonds is 3. The number of carbonyl (C=O) groups excluding carboxylic acids is 3. The van der Waals surface area contributed by atoms with E-state index in [0.717, 1.165) is 5.56 Å². The fourth-order valence-corrected chi connectivity index (χ4v) is 3.17. The third kappa shape index (κ3) is 3.82. The Balaban J connectivity index is 1.54. The number of nitrogens with zero attached hydrogens (tertiary/aromatic N) is 2. The monoisotopic (exact) mass is 392 g/mol. The third-order valence-corrected chi connectivity index (χ3v) is 4.71. The summed E-state index contributed by atoms with van der Waals surface area (Å²) in [5.41, 5.74) is 2.87. The molecule has 0 spiro atoms. The minimum Gasteiger partial charge on any atom is -0.479 e. The quantitative estimate of drug-likeness (QED) is 0.839. The Hall–Kier alpha value is -3.68. The Morgan fingerprint density at radius 3 is 2.83 bits per heavy atom. The fraction of sp³-hybridized carbons (Fsp3) is 0.238. The zero-order valence-corrected chi connectivity index (χ0v) is 16.1. The first-order valence-corrected chi connectivity index (χ1v) is 9.31. The summed E-state index contributed by atoms with van der Waals surface area (Å²) in [5, 5.41) is 11.1. The number of ether oxygens (including phenoxy) is 1. The van der Waals surface area contributed by atoms with Crippen molar-refractivity contribution in [3.63, 3.8) is 0 Å². The maximum Gasteiger partial charge on any atom is 0.271 e. The first kappa shape index (κ1) is 18.7. The zero-order valence-electron chi connectivity index (χ0n) is 16.1. The van der Waals surface area contributed by atoms with Gasteiger partial charge in [-0.2, -0.15) is 5.10 Å². The van der Waals surface area contributed by atoms with Gasteiger partial charge in [0.15, 0.2) is 6.10 Å². The molecule has 2 aromatic rings. The molecule has 3 amide bonds. The van der Waals surface area contributed by atoms with E-state index < -0.39 is 12.0 Å². The lowest BCUT2D eigenvalue weighted by Gasteiger charge is -2.24. The smallest absolute Gasteiger partial charge is 0.271 e. The molecule has 0 saturated carbocycles. The van der Waals surface area contributed by atoms with Crippen molar-refractivity contribution < 1.29 is 19.1 Å². The van der Waals surface area contributed by atoms with Crippen molar-refractivity contribution in [3.05, 3.63) is 48.0 Å². The van der Waals surface area contributed by atoms with Crippen LogP contribution < -0.4 is 20.4 Å². The first-order valence-electron chi connectivity index (χ1n) is 9.31. The summed E-state index contributed by atoms with van der Waals surface area (Å²) in [6.45, 7) is 3.59. The Kier molecular flexibility index (Phi) is 4.75. The summed E-state index contributed by atoms with van der Waals surface area (Å²) < 4.78 is 5.51. The van der Waals surface area contributed by atoms with E-state index in [1.54, 1.807) is 31.2 Å². The van der Waals surface area contributed by atoms with E-state index in [1.165, 1.54) is 5.01 Å². The number of benzene rings is 2. The predicted octanol–water partition coefficient (Wildman–Crippen LogP) is 2.84. The maximum absolute atomic E-state index is 12.7. The molecule has 0 radical (unpaired) electrons. The molecular weight excluding hydrogens is 372 g/mol. The Morgan fingerprint density at radius 2 is 2.03 bits per heavy atom. The molecule has 4 rings (SSSR count). The van der Waals surface area contributed by atoms with Gasteiger partial charge in [0.25, 0.3) is 11.8 Å². The van der Waals surface area contributed by atoms with Gasteiger partial charge in [-0.15, -0.1) is 0 Å². The molecule has 2 aliphatic heterocycles. The topological polar surface area (TPSA) is 100 Å². The van der Waals surface area contributed by atoms with Crippen molar-refractivity contribution in [2.24, 2.45) is 5.10 Å². The van der Waals surface area contributed by atoms with Crippen LogP contribution in [0.1, 0.15) is 25.3 Å². The lowest BCUT2D eigenvalue weighted by Crippen LogP contribution is -2.36. The standard InChI is InChI=1S/C21H20N4O4/c1-12-4-3-5-15(10-12)25-19(26)9-7-16(24-25)21(28)22-14-6-8-18-17(11-14)23-20(27)13(2)29-18/h3-6,8,10-11,13H,7,9H2,1-2H3,(H,22,28)(H,23,27). The van der Waals surface area contributed by atoms with Gasteiger partial charge in [-0.05, 0) is 49.7 Å². The van der Waals surface area contributed by atoms with Crippen LogP contribution in [0.25, 0.3) is 0 Å². The van der Waals surface area contributed by atoms with Crippen LogP contribution in [-0.4, -0.2) is 29.5 Å². The SMILES string of the molecule is Cc1cccc(N2N=C(C(=O)Nc3ccc4c(c3)NC(=O)C(C)O4)CCC2=O)c1. The van der Waals surface area contributed by atoms with Crippen LogP contribution in [0, 0.1) is 6.92 Å². The van der Waals surface area contributed by atoms with Crippen molar-refractivity contribution in [1.82, 2.24) is 0 Å². The molecule has 148 valence electrons. The Morgan fingerprint density at radius 1 is 1.21 bits per heavy atom. The molecule has 2 aromatic carbocycles. The minimum atomic E-state index is -0.565. The van der Waals surface area contributed by atoms with Crippen molar-refractivity contribution in [3.8, 4) is 5.75 Å². The van der Waals surface area contributed by atoms with E-state index in [-0.39, 0.29) is 30.4 Å². The molecule has 8 nitrogen and oxygen atoms in total. The number of hydrogen-bond donors (Lipinski definition) is 2. The van der Waals surface area contributed by atoms with Crippen molar-refractivity contribution in [2.75, 3.05) is 15.6 Å². The molecule has 8 heteroatoms. The highest BCUT2D eigenvalue weighted by Gasteiger charge is 2.27. The zero-order chi connectivity index (χ0) is 20.5. The third-order valence-electron chi connectivity index (χ3n) is 4.71. The van der Waals surface area contributed by atoms with Gasteiger partial charge in [0.2, 0.25) is 5.91 Å². The molecule has 29 heavy (non-hydrogen) atoms. The molecular formula is C21H20N4O4. The molecule has 2 heterocycles. The normalized spacial score (nSPS) is 18.3. The second-order valence-electron chi connectivity index (χ2n) is 7.01. The molecule has 2 N–H and O–H groups in total. The highest BCUT2D eigenvalue weighted by molar-refractivity contribution is 6.44. The number of nitrogens with one attached hydrogen (secondary N) is 2. The summed E-state index contributed by atoms with van der Waals surface area (Å²) >= 11 is 0. The summed E-state index contributed by atoms with van der Waals surface area (Å²) in [7, 11) is 0. The Labute approximate surface area is 167 Å². The van der Waals surface area contributed by atoms with Crippen molar-refractivity contribution in [1.29, 1.82) is 0 Å². The minimum absolute atomic E-state index is 0.157. The maximum atomic E-state index is 12.7. The predicted molar refractivity (Wildman–Crippen MR) is 109 cm³/mol. The molecule has 0 aromatic heterocycles. The molecule has 0 bridgehead atoms. The van der Waals surface area contributed by atoms with E-state index in [2.05, 4.69) is 15.7 Å². The van der Waals surface area contributed by atoms with Crippen LogP contribution in [0.5, 0.6) is 5.75 Å². The van der Waals surface area contributed by atoms with Crippen LogP contribution in [0.3, 0.4) is 0 Å². The van der Waals surface area contributed by atoms with Crippen molar-refractivity contribution in [2.45, 2.75) is 32.8 Å². The Bertz CT molecular complexity index is 1050. The second kappa shape index (κ2) is 7.38. The van der Waals surface area contributed by atoms with Crippen LogP contribution in [0.4, 0.5) is 17.1 Å². The van der Waals surface area contributed by atoms with E-state index in [0.29, 0.717) is 22.8 Å². The highest BCUT2D eigenvalue weighted by atomic mass is 16.5. The lowest BCUT2D eigenvalue weighted by molar-refractivity contribution is -0.122. The number of aryl methyl sites for hydroxylation is 1. The largest absolute Gasteiger partial charge is 0.479 e. The first-order chi connectivity index (χ1) is 13.9. The highest BCUT2D eigenvalue weighted by Crippen LogP contribution is 2.32. The summed E-state index contributed by atoms with van der Waals surface area (Å²) in [6.07, 6.45) is -0.105. The van der Waals surface area contributed by atoms with Gasteiger partial charge in [0.1, 0.15) is 11.5 Å². The molecule has 2 aliphatic rings. The van der Waals surface area contributed by atoms with E-state index in [1.807, 2.05) is 25.1 Å². The van der Waals surface area contributed by atoms with Crippen LogP contribution >= 0.6 is 0 Å². The molecule has 0 aliphatic carbocycles. The van der Waals surface area contributed by atoms with Gasteiger partial charge in [0, 0.05) is 18.5 Å². The van der Waals surface area contributed by atoms with Gasteiger partial charge in [0.05, 0.1) is 11.4 Å². The number of carbonyl (C=O) groups is 3. The average molecular weight is 392 g/mol. The van der Waals surface area contributed by atoms with Gasteiger partial charge >= 0.3 is 0 Å². The number of fused-ring (bicyclic) bond motifs is 1. The molecule has 0 fully saturated rings. The van der Waals surface area contributed by atoms with E-state index >= 15 is 0 Å². The molecule has 1 atom stereocenters. The van der Waals surface area contributed by atoms with Crippen LogP contribution in [0.2, 0.25) is 0 Å². The van der Waals surface area contributed by atoms with Gasteiger partial charge < -0.3 is 15.4 Å². The number of amides is 3. The number of hydrogen-bond acceptors (Lipinski definition) is 5. The molecule has 1 unspecified atom stereocenters. The summed E-state index contributed by atoms with van der Waals surface area (Å²) in [5.74, 6) is -0.257. The second-order valence-corrected chi connectivity index (χ2v) is 7.01. The van der Waals surface area contributed by atoms with Gasteiger partial charge in [-0.3, -0.25) is 14.4 Å². The van der Waals surface area contributed by atoms with Crippen LogP contribution in [0.15, 0.2) is 47.6 Å². The average Bonchev–Trinajstić information content (AvgIpc) is 2.69. The van der Waals surface area contributed by atoms with E-state index in [4.69, 9.17) is 4.74 Å². The summed E-state index contributed by atoms with van der Waals surface area (Å²) in [4.78, 5) is 36.8. The van der Waals surface area contributed by atoms with Crippen molar-refractivity contribution >= 4 is 40.5 Å². The van der Waals surface area contributed by atoms with E-state index in [9.17, 15) is 14.4 Å². The lowest BCUT2D eigenvalue weighted by atomic mass is 10.1. The summed E-state index contributed by atoms with van der Waals surface area (Å²) in [6, 6.07) is 12.4.